The molecule has 7 heteroatoms. The van der Waals surface area contributed by atoms with E-state index in [9.17, 15) is 15.2 Å². The van der Waals surface area contributed by atoms with Crippen molar-refractivity contribution in [3.63, 3.8) is 0 Å². The van der Waals surface area contributed by atoms with Gasteiger partial charge in [0.2, 0.25) is 0 Å². The number of nitro groups is 1. The van der Waals surface area contributed by atoms with Crippen LogP contribution in [0.25, 0.3) is 22.4 Å². The molecule has 0 aliphatic carbocycles. The number of fused-ring (bicyclic) bond motifs is 1. The van der Waals surface area contributed by atoms with Crippen molar-refractivity contribution in [3.8, 4) is 11.5 Å². The zero-order valence-electron chi connectivity index (χ0n) is 13.9. The predicted molar refractivity (Wildman–Crippen MR) is 97.1 cm³/mol. The first kappa shape index (κ1) is 16.9. The van der Waals surface area contributed by atoms with Crippen LogP contribution >= 0.6 is 11.3 Å². The number of nitro benzene ring substituents is 1. The number of aromatic nitrogens is 1. The van der Waals surface area contributed by atoms with Gasteiger partial charge in [0, 0.05) is 11.8 Å². The van der Waals surface area contributed by atoms with Gasteiger partial charge in [0.15, 0.2) is 0 Å². The highest BCUT2D eigenvalue weighted by Crippen LogP contribution is 2.35. The maximum Gasteiger partial charge on any atom is 0.266 e. The van der Waals surface area contributed by atoms with Crippen molar-refractivity contribution in [2.75, 3.05) is 7.11 Å². The zero-order chi connectivity index (χ0) is 18.1. The fraction of sp³-hybridized carbons (Fsp3) is 0.167. The summed E-state index contributed by atoms with van der Waals surface area (Å²) >= 11 is 1.54. The number of ether oxygens (including phenoxy) is 1. The lowest BCUT2D eigenvalue weighted by Gasteiger charge is -2.13. The van der Waals surface area contributed by atoms with Crippen molar-refractivity contribution in [1.82, 2.24) is 4.98 Å². The molecule has 1 aromatic heterocycles. The first-order valence-corrected chi connectivity index (χ1v) is 8.30. The van der Waals surface area contributed by atoms with Gasteiger partial charge in [-0.1, -0.05) is 6.08 Å². The van der Waals surface area contributed by atoms with Crippen molar-refractivity contribution >= 4 is 39.4 Å². The third-order valence-electron chi connectivity index (χ3n) is 3.91. The van der Waals surface area contributed by atoms with Crippen LogP contribution in [0.15, 0.2) is 24.3 Å². The van der Waals surface area contributed by atoms with E-state index >= 15 is 0 Å². The molecule has 0 aliphatic heterocycles. The number of rotatable bonds is 4. The van der Waals surface area contributed by atoms with Crippen LogP contribution < -0.4 is 9.84 Å². The summed E-state index contributed by atoms with van der Waals surface area (Å²) < 4.78 is 6.02. The first-order chi connectivity index (χ1) is 11.9. The molecular formula is C18H15N2O4S-. The second-order valence-electron chi connectivity index (χ2n) is 5.62. The highest BCUT2D eigenvalue weighted by molar-refractivity contribution is 7.19. The van der Waals surface area contributed by atoms with Crippen LogP contribution in [0.1, 0.15) is 21.7 Å². The molecule has 0 fully saturated rings. The van der Waals surface area contributed by atoms with Crippen LogP contribution in [0.4, 0.5) is 5.69 Å². The third-order valence-corrected chi connectivity index (χ3v) is 4.90. The predicted octanol–water partition coefficient (Wildman–Crippen LogP) is 4.07. The molecule has 0 radical (unpaired) electrons. The number of benzene rings is 2. The molecule has 0 saturated heterocycles. The normalized spacial score (nSPS) is 11.3. The van der Waals surface area contributed by atoms with Crippen molar-refractivity contribution in [3.05, 3.63) is 56.1 Å². The summed E-state index contributed by atoms with van der Waals surface area (Å²) in [5, 5.41) is 23.6. The summed E-state index contributed by atoms with van der Waals surface area (Å²) in [6, 6.07) is 6.86. The van der Waals surface area contributed by atoms with Gasteiger partial charge in [-0.25, -0.2) is 4.98 Å². The van der Waals surface area contributed by atoms with Crippen LogP contribution in [0.3, 0.4) is 0 Å². The van der Waals surface area contributed by atoms with E-state index in [1.165, 1.54) is 41.7 Å². The average Bonchev–Trinajstić information content (AvgIpc) is 2.95. The van der Waals surface area contributed by atoms with E-state index < -0.39 is 16.4 Å². The summed E-state index contributed by atoms with van der Waals surface area (Å²) in [5.74, 6) is -0.778. The van der Waals surface area contributed by atoms with Crippen molar-refractivity contribution in [1.29, 1.82) is 0 Å². The van der Waals surface area contributed by atoms with Crippen molar-refractivity contribution < 1.29 is 14.8 Å². The van der Waals surface area contributed by atoms with Gasteiger partial charge in [0.05, 0.1) is 22.2 Å². The minimum atomic E-state index is -0.726. The van der Waals surface area contributed by atoms with Gasteiger partial charge in [0.1, 0.15) is 10.8 Å². The molecule has 1 heterocycles. The van der Waals surface area contributed by atoms with Gasteiger partial charge in [-0.05, 0) is 54.8 Å². The Bertz CT molecular complexity index is 969. The van der Waals surface area contributed by atoms with E-state index in [0.29, 0.717) is 5.56 Å². The Balaban J connectivity index is 1.99. The van der Waals surface area contributed by atoms with Crippen molar-refractivity contribution in [2.45, 2.75) is 13.8 Å². The van der Waals surface area contributed by atoms with Gasteiger partial charge in [-0.3, -0.25) is 10.1 Å². The lowest BCUT2D eigenvalue weighted by Crippen LogP contribution is -2.01. The number of hydrogen-bond acceptors (Lipinski definition) is 6. The number of thiazole rings is 1. The summed E-state index contributed by atoms with van der Waals surface area (Å²) in [4.78, 5) is 14.9. The SMILES string of the molecule is COc1cc(/C=C/c2nc3cc(C)c(C)cc3s2)cc([N+](=O)[O-])c1[O-]. The van der Waals surface area contributed by atoms with E-state index in [0.717, 1.165) is 15.2 Å². The molecule has 0 saturated carbocycles. The van der Waals surface area contributed by atoms with Crippen LogP contribution in [0.2, 0.25) is 0 Å². The maximum atomic E-state index is 11.8. The molecule has 0 unspecified atom stereocenters. The standard InChI is InChI=1S/C18H16N2O4S/c1-10-6-13-16(7-11(10)2)25-17(19-13)5-4-12-8-14(20(22)23)18(21)15(9-12)24-3/h4-9,21H,1-3H3/p-1/b5-4+. The van der Waals surface area contributed by atoms with Crippen LogP contribution in [-0.4, -0.2) is 17.0 Å². The molecule has 6 nitrogen and oxygen atoms in total. The molecule has 128 valence electrons. The Hall–Kier alpha value is -2.93. The van der Waals surface area contributed by atoms with E-state index in [2.05, 4.69) is 18.0 Å². The molecule has 0 N–H and O–H groups in total. The Kier molecular flexibility index (Phi) is 4.41. The second kappa shape index (κ2) is 6.52. The Labute approximate surface area is 148 Å². The summed E-state index contributed by atoms with van der Waals surface area (Å²) in [7, 11) is 1.31. The van der Waals surface area contributed by atoms with E-state index in [4.69, 9.17) is 4.74 Å². The van der Waals surface area contributed by atoms with Crippen LogP contribution in [-0.2, 0) is 0 Å². The molecule has 2 aromatic carbocycles. The second-order valence-corrected chi connectivity index (χ2v) is 6.68. The van der Waals surface area contributed by atoms with Gasteiger partial charge in [-0.15, -0.1) is 11.3 Å². The summed E-state index contributed by atoms with van der Waals surface area (Å²) in [6.07, 6.45) is 3.46. The highest BCUT2D eigenvalue weighted by Gasteiger charge is 2.12. The lowest BCUT2D eigenvalue weighted by atomic mass is 10.1. The van der Waals surface area contributed by atoms with E-state index in [-0.39, 0.29) is 5.75 Å². The molecule has 0 amide bonds. The fourth-order valence-corrected chi connectivity index (χ4v) is 3.38. The topological polar surface area (TPSA) is 88.3 Å². The van der Waals surface area contributed by atoms with Crippen molar-refractivity contribution in [2.24, 2.45) is 0 Å². The highest BCUT2D eigenvalue weighted by atomic mass is 32.1. The average molecular weight is 355 g/mol. The minimum absolute atomic E-state index is 0.0515. The van der Waals surface area contributed by atoms with Gasteiger partial charge >= 0.3 is 0 Å². The van der Waals surface area contributed by atoms with E-state index in [1.54, 1.807) is 12.2 Å². The van der Waals surface area contributed by atoms with Gasteiger partial charge < -0.3 is 9.84 Å². The molecule has 0 atom stereocenters. The summed E-state index contributed by atoms with van der Waals surface area (Å²) in [5.41, 5.74) is 3.31. The smallest absolute Gasteiger partial charge is 0.266 e. The van der Waals surface area contributed by atoms with E-state index in [1.807, 2.05) is 13.0 Å². The number of methoxy groups -OCH3 is 1. The Morgan fingerprint density at radius 3 is 2.56 bits per heavy atom. The van der Waals surface area contributed by atoms with Gasteiger partial charge in [0.25, 0.3) is 5.69 Å². The molecule has 0 spiro atoms. The molecule has 0 bridgehead atoms. The Morgan fingerprint density at radius 2 is 1.88 bits per heavy atom. The Morgan fingerprint density at radius 1 is 1.16 bits per heavy atom. The molecule has 3 rings (SSSR count). The summed E-state index contributed by atoms with van der Waals surface area (Å²) in [6.45, 7) is 4.10. The lowest BCUT2D eigenvalue weighted by molar-refractivity contribution is -0.398. The van der Waals surface area contributed by atoms with Crippen LogP contribution in [0, 0.1) is 24.0 Å². The minimum Gasteiger partial charge on any atom is -0.865 e. The molecule has 0 aliphatic rings. The number of hydrogen-bond donors (Lipinski definition) is 0. The first-order valence-electron chi connectivity index (χ1n) is 7.48. The molecular weight excluding hydrogens is 340 g/mol. The van der Waals surface area contributed by atoms with Crippen LogP contribution in [0.5, 0.6) is 11.5 Å². The fourth-order valence-electron chi connectivity index (χ4n) is 2.43. The van der Waals surface area contributed by atoms with Gasteiger partial charge in [-0.2, -0.15) is 0 Å². The maximum absolute atomic E-state index is 11.8. The third kappa shape index (κ3) is 3.32. The monoisotopic (exact) mass is 355 g/mol. The quantitative estimate of drug-likeness (QED) is 0.520. The number of aryl methyl sites for hydroxylation is 2. The zero-order valence-corrected chi connectivity index (χ0v) is 14.7. The molecule has 3 aromatic rings. The number of nitrogens with zero attached hydrogens (tertiary/aromatic N) is 2. The largest absolute Gasteiger partial charge is 0.865 e. The molecule has 25 heavy (non-hydrogen) atoms.